The molecule has 5 nitrogen and oxygen atoms in total. The first-order valence-corrected chi connectivity index (χ1v) is 8.88. The molecule has 24 heavy (non-hydrogen) atoms. The van der Waals surface area contributed by atoms with E-state index < -0.39 is 0 Å². The summed E-state index contributed by atoms with van der Waals surface area (Å²) in [7, 11) is 2.08. The number of piperidine rings is 1. The molecule has 0 bridgehead atoms. The summed E-state index contributed by atoms with van der Waals surface area (Å²) in [6.45, 7) is 4.17. The molecule has 2 aromatic rings. The van der Waals surface area contributed by atoms with Crippen LogP contribution in [-0.4, -0.2) is 38.6 Å². The van der Waals surface area contributed by atoms with E-state index in [-0.39, 0.29) is 24.8 Å². The van der Waals surface area contributed by atoms with Crippen LogP contribution in [0.25, 0.3) is 0 Å². The molecule has 3 rings (SSSR count). The number of rotatable bonds is 5. The van der Waals surface area contributed by atoms with Gasteiger partial charge in [-0.15, -0.1) is 35.0 Å². The second-order valence-corrected chi connectivity index (χ2v) is 6.87. The summed E-state index contributed by atoms with van der Waals surface area (Å²) in [4.78, 5) is 4.54. The van der Waals surface area contributed by atoms with Gasteiger partial charge in [-0.3, -0.25) is 4.98 Å². The van der Waals surface area contributed by atoms with Crippen molar-refractivity contribution >= 4 is 36.6 Å². The van der Waals surface area contributed by atoms with E-state index in [0.717, 1.165) is 47.6 Å². The fraction of sp³-hybridized carbons (Fsp3) is 0.562. The lowest BCUT2D eigenvalue weighted by Gasteiger charge is -2.21. The minimum atomic E-state index is 0. The van der Waals surface area contributed by atoms with Gasteiger partial charge in [0.25, 0.3) is 0 Å². The van der Waals surface area contributed by atoms with Gasteiger partial charge in [-0.2, -0.15) is 0 Å². The van der Waals surface area contributed by atoms with Gasteiger partial charge in [0.2, 0.25) is 0 Å². The normalized spacial score (nSPS) is 17.0. The Hall–Kier alpha value is -0.820. The van der Waals surface area contributed by atoms with Crippen LogP contribution in [0.5, 0.6) is 0 Å². The van der Waals surface area contributed by atoms with Gasteiger partial charge in [0, 0.05) is 36.7 Å². The van der Waals surface area contributed by atoms with Crippen molar-refractivity contribution in [1.82, 2.24) is 25.1 Å². The number of nitrogens with zero attached hydrogens (tertiary/aromatic N) is 4. The second-order valence-electron chi connectivity index (χ2n) is 5.81. The zero-order valence-electron chi connectivity index (χ0n) is 14.1. The standard InChI is InChI=1S/C16H23N5S.2ClH/c1-12-5-3-7-14(18-12)8-10-22-16-20-19-15(21(16)2)13-6-4-9-17-11-13;;/h3,5,7,13,17H,4,6,8-11H2,1-2H3;2*1H. The monoisotopic (exact) mass is 389 g/mol. The van der Waals surface area contributed by atoms with Gasteiger partial charge in [0.1, 0.15) is 5.82 Å². The number of aryl methyl sites for hydroxylation is 2. The zero-order chi connectivity index (χ0) is 15.4. The molecule has 0 spiro atoms. The first kappa shape index (κ1) is 21.2. The van der Waals surface area contributed by atoms with Gasteiger partial charge in [-0.05, 0) is 44.9 Å². The second kappa shape index (κ2) is 10.2. The molecular formula is C16H25Cl2N5S. The van der Waals surface area contributed by atoms with E-state index in [1.807, 2.05) is 13.0 Å². The summed E-state index contributed by atoms with van der Waals surface area (Å²) in [5.41, 5.74) is 2.22. The van der Waals surface area contributed by atoms with Crippen molar-refractivity contribution in [3.8, 4) is 0 Å². The van der Waals surface area contributed by atoms with Crippen molar-refractivity contribution in [2.45, 2.75) is 37.3 Å². The van der Waals surface area contributed by atoms with Crippen LogP contribution in [0.4, 0.5) is 0 Å². The van der Waals surface area contributed by atoms with Gasteiger partial charge in [0.05, 0.1) is 0 Å². The molecule has 1 atom stereocenters. The molecule has 0 amide bonds. The molecule has 0 aliphatic carbocycles. The van der Waals surface area contributed by atoms with Crippen molar-refractivity contribution in [2.75, 3.05) is 18.8 Å². The molecule has 2 aromatic heterocycles. The van der Waals surface area contributed by atoms with Crippen LogP contribution in [-0.2, 0) is 13.5 Å². The van der Waals surface area contributed by atoms with Crippen LogP contribution in [0.2, 0.25) is 0 Å². The van der Waals surface area contributed by atoms with Crippen LogP contribution in [0.15, 0.2) is 23.4 Å². The molecule has 1 fully saturated rings. The molecule has 0 radical (unpaired) electrons. The van der Waals surface area contributed by atoms with Crippen LogP contribution in [0.3, 0.4) is 0 Å². The molecule has 1 saturated heterocycles. The Morgan fingerprint density at radius 2 is 2.12 bits per heavy atom. The maximum Gasteiger partial charge on any atom is 0.190 e. The Labute approximate surface area is 160 Å². The first-order valence-electron chi connectivity index (χ1n) is 7.89. The SMILES string of the molecule is Cc1cccc(CCSc2nnc(C3CCCNC3)n2C)n1.Cl.Cl. The number of nitrogens with one attached hydrogen (secondary N) is 1. The highest BCUT2D eigenvalue weighted by Crippen LogP contribution is 2.25. The molecule has 0 aromatic carbocycles. The first-order chi connectivity index (χ1) is 10.7. The smallest absolute Gasteiger partial charge is 0.190 e. The van der Waals surface area contributed by atoms with Crippen LogP contribution in [0, 0.1) is 6.92 Å². The van der Waals surface area contributed by atoms with Crippen molar-refractivity contribution in [1.29, 1.82) is 0 Å². The molecule has 8 heteroatoms. The molecule has 134 valence electrons. The van der Waals surface area contributed by atoms with Gasteiger partial charge in [0.15, 0.2) is 5.16 Å². The molecule has 1 aliphatic rings. The fourth-order valence-electron chi connectivity index (χ4n) is 2.87. The van der Waals surface area contributed by atoms with Gasteiger partial charge < -0.3 is 9.88 Å². The lowest BCUT2D eigenvalue weighted by Crippen LogP contribution is -2.29. The van der Waals surface area contributed by atoms with Gasteiger partial charge >= 0.3 is 0 Å². The number of hydrogen-bond acceptors (Lipinski definition) is 5. The summed E-state index contributed by atoms with van der Waals surface area (Å²) < 4.78 is 2.16. The summed E-state index contributed by atoms with van der Waals surface area (Å²) >= 11 is 1.76. The van der Waals surface area contributed by atoms with E-state index in [9.17, 15) is 0 Å². The van der Waals surface area contributed by atoms with E-state index in [1.165, 1.54) is 12.8 Å². The predicted octanol–water partition coefficient (Wildman–Crippen LogP) is 3.16. The van der Waals surface area contributed by atoms with Crippen molar-refractivity contribution in [2.24, 2.45) is 7.05 Å². The Bertz CT molecular complexity index is 629. The minimum absolute atomic E-state index is 0. The Balaban J connectivity index is 0.00000144. The van der Waals surface area contributed by atoms with Crippen LogP contribution >= 0.6 is 36.6 Å². The quantitative estimate of drug-likeness (QED) is 0.795. The van der Waals surface area contributed by atoms with E-state index >= 15 is 0 Å². The fourth-order valence-corrected chi connectivity index (χ4v) is 3.74. The lowest BCUT2D eigenvalue weighted by molar-refractivity contribution is 0.436. The van der Waals surface area contributed by atoms with Crippen molar-refractivity contribution < 1.29 is 0 Å². The number of halogens is 2. The molecule has 1 N–H and O–H groups in total. The highest BCUT2D eigenvalue weighted by Gasteiger charge is 2.21. The number of hydrogen-bond donors (Lipinski definition) is 1. The maximum atomic E-state index is 4.54. The van der Waals surface area contributed by atoms with Gasteiger partial charge in [-0.1, -0.05) is 17.8 Å². The largest absolute Gasteiger partial charge is 0.316 e. The summed E-state index contributed by atoms with van der Waals surface area (Å²) in [5, 5.41) is 13.2. The number of pyridine rings is 1. The van der Waals surface area contributed by atoms with E-state index in [2.05, 4.69) is 44.2 Å². The van der Waals surface area contributed by atoms with E-state index in [4.69, 9.17) is 0 Å². The maximum absolute atomic E-state index is 4.54. The highest BCUT2D eigenvalue weighted by molar-refractivity contribution is 7.99. The third-order valence-electron chi connectivity index (χ3n) is 4.07. The minimum Gasteiger partial charge on any atom is -0.316 e. The molecule has 0 saturated carbocycles. The summed E-state index contributed by atoms with van der Waals surface area (Å²) in [6, 6.07) is 6.19. The van der Waals surface area contributed by atoms with Crippen LogP contribution < -0.4 is 5.32 Å². The topological polar surface area (TPSA) is 55.6 Å². The van der Waals surface area contributed by atoms with Gasteiger partial charge in [-0.25, -0.2) is 0 Å². The summed E-state index contributed by atoms with van der Waals surface area (Å²) in [6.07, 6.45) is 3.38. The summed E-state index contributed by atoms with van der Waals surface area (Å²) in [5.74, 6) is 2.59. The Kier molecular flexibility index (Phi) is 9.05. The van der Waals surface area contributed by atoms with Crippen molar-refractivity contribution in [3.63, 3.8) is 0 Å². The lowest BCUT2D eigenvalue weighted by atomic mass is 9.99. The average molecular weight is 390 g/mol. The Morgan fingerprint density at radius 1 is 1.29 bits per heavy atom. The average Bonchev–Trinajstić information content (AvgIpc) is 2.89. The zero-order valence-corrected chi connectivity index (χ0v) is 16.5. The predicted molar refractivity (Wildman–Crippen MR) is 104 cm³/mol. The number of thioether (sulfide) groups is 1. The van der Waals surface area contributed by atoms with Crippen LogP contribution in [0.1, 0.15) is 36.0 Å². The molecule has 1 unspecified atom stereocenters. The highest BCUT2D eigenvalue weighted by atomic mass is 35.5. The molecule has 3 heterocycles. The number of aromatic nitrogens is 4. The third-order valence-corrected chi connectivity index (χ3v) is 5.09. The van der Waals surface area contributed by atoms with E-state index in [1.54, 1.807) is 11.8 Å². The molecule has 1 aliphatic heterocycles. The third kappa shape index (κ3) is 5.34. The Morgan fingerprint density at radius 3 is 2.83 bits per heavy atom. The molecular weight excluding hydrogens is 365 g/mol. The van der Waals surface area contributed by atoms with E-state index in [0.29, 0.717) is 5.92 Å². The van der Waals surface area contributed by atoms with Crippen molar-refractivity contribution in [3.05, 3.63) is 35.4 Å².